The standard InChI is InChI=1S/C11H13BrN2O2S2/c1-2-6-17-7-5-14-18(15,16)11-4-3-9(13)8-10(11)12/h1,3-4,8,14H,5-7,13H2. The first-order valence-corrected chi connectivity index (χ1v) is 8.46. The van der Waals surface area contributed by atoms with E-state index in [-0.39, 0.29) is 4.90 Å². The molecule has 7 heteroatoms. The number of hydrogen-bond acceptors (Lipinski definition) is 4. The van der Waals surface area contributed by atoms with Crippen LogP contribution >= 0.6 is 27.7 Å². The zero-order chi connectivity index (χ0) is 13.6. The Bertz CT molecular complexity index is 553. The molecule has 0 spiro atoms. The molecule has 1 rings (SSSR count). The van der Waals surface area contributed by atoms with E-state index in [1.54, 1.807) is 12.1 Å². The molecule has 1 aromatic carbocycles. The Morgan fingerprint density at radius 1 is 1.50 bits per heavy atom. The van der Waals surface area contributed by atoms with E-state index in [0.717, 1.165) is 0 Å². The lowest BCUT2D eigenvalue weighted by Crippen LogP contribution is -2.26. The van der Waals surface area contributed by atoms with Crippen molar-refractivity contribution in [3.8, 4) is 12.3 Å². The number of nitrogens with two attached hydrogens (primary N) is 1. The highest BCUT2D eigenvalue weighted by molar-refractivity contribution is 9.10. The van der Waals surface area contributed by atoms with Gasteiger partial charge in [-0.2, -0.15) is 0 Å². The van der Waals surface area contributed by atoms with Gasteiger partial charge in [-0.15, -0.1) is 18.2 Å². The Hall–Kier alpha value is -0.680. The number of rotatable bonds is 6. The molecule has 0 atom stereocenters. The van der Waals surface area contributed by atoms with E-state index < -0.39 is 10.0 Å². The third-order valence-corrected chi connectivity index (χ3v) is 5.27. The molecule has 0 saturated carbocycles. The second kappa shape index (κ2) is 7.04. The lowest BCUT2D eigenvalue weighted by atomic mass is 10.3. The first-order valence-electron chi connectivity index (χ1n) is 5.03. The van der Waals surface area contributed by atoms with Crippen molar-refractivity contribution in [2.45, 2.75) is 4.90 Å². The summed E-state index contributed by atoms with van der Waals surface area (Å²) >= 11 is 4.69. The molecule has 98 valence electrons. The van der Waals surface area contributed by atoms with Crippen LogP contribution in [0.3, 0.4) is 0 Å². The Labute approximate surface area is 120 Å². The summed E-state index contributed by atoms with van der Waals surface area (Å²) in [5.41, 5.74) is 6.06. The smallest absolute Gasteiger partial charge is 0.241 e. The van der Waals surface area contributed by atoms with Gasteiger partial charge >= 0.3 is 0 Å². The molecule has 1 aromatic rings. The van der Waals surface area contributed by atoms with Crippen molar-refractivity contribution in [2.24, 2.45) is 0 Å². The van der Waals surface area contributed by atoms with Crippen LogP contribution in [0.15, 0.2) is 27.6 Å². The number of nitrogens with one attached hydrogen (secondary N) is 1. The minimum absolute atomic E-state index is 0.179. The summed E-state index contributed by atoms with van der Waals surface area (Å²) in [7, 11) is -3.51. The molecule has 0 heterocycles. The van der Waals surface area contributed by atoms with Crippen molar-refractivity contribution >= 4 is 43.4 Å². The van der Waals surface area contributed by atoms with Crippen LogP contribution in [-0.2, 0) is 10.0 Å². The summed E-state index contributed by atoms with van der Waals surface area (Å²) in [6.45, 7) is 0.339. The zero-order valence-corrected chi connectivity index (χ0v) is 12.7. The number of terminal acetylenes is 1. The van der Waals surface area contributed by atoms with Crippen LogP contribution in [0.5, 0.6) is 0 Å². The highest BCUT2D eigenvalue weighted by atomic mass is 79.9. The van der Waals surface area contributed by atoms with Crippen LogP contribution in [0.2, 0.25) is 0 Å². The average Bonchev–Trinajstić information content (AvgIpc) is 2.28. The van der Waals surface area contributed by atoms with Gasteiger partial charge in [0.25, 0.3) is 0 Å². The molecule has 4 nitrogen and oxygen atoms in total. The molecule has 0 aliphatic carbocycles. The third-order valence-electron chi connectivity index (χ3n) is 1.97. The van der Waals surface area contributed by atoms with Crippen molar-refractivity contribution in [3.63, 3.8) is 0 Å². The van der Waals surface area contributed by atoms with E-state index in [4.69, 9.17) is 12.2 Å². The van der Waals surface area contributed by atoms with Gasteiger partial charge in [-0.05, 0) is 34.1 Å². The zero-order valence-electron chi connectivity index (χ0n) is 9.52. The fourth-order valence-electron chi connectivity index (χ4n) is 1.19. The van der Waals surface area contributed by atoms with Crippen LogP contribution in [0.1, 0.15) is 0 Å². The number of sulfonamides is 1. The second-order valence-electron chi connectivity index (χ2n) is 3.34. The number of halogens is 1. The summed E-state index contributed by atoms with van der Waals surface area (Å²) in [6, 6.07) is 4.57. The number of thioether (sulfide) groups is 1. The number of anilines is 1. The van der Waals surface area contributed by atoms with Crippen LogP contribution in [0.4, 0.5) is 5.69 Å². The highest BCUT2D eigenvalue weighted by Crippen LogP contribution is 2.23. The number of hydrogen-bond donors (Lipinski definition) is 2. The summed E-state index contributed by atoms with van der Waals surface area (Å²) in [6.07, 6.45) is 5.09. The van der Waals surface area contributed by atoms with Gasteiger partial charge in [-0.1, -0.05) is 5.92 Å². The number of nitrogen functional groups attached to an aromatic ring is 1. The van der Waals surface area contributed by atoms with Gasteiger partial charge in [0.1, 0.15) is 0 Å². The van der Waals surface area contributed by atoms with Crippen LogP contribution < -0.4 is 10.5 Å². The topological polar surface area (TPSA) is 72.2 Å². The molecule has 0 bridgehead atoms. The minimum atomic E-state index is -3.51. The molecule has 0 radical (unpaired) electrons. The second-order valence-corrected chi connectivity index (χ2v) is 7.04. The Morgan fingerprint density at radius 3 is 2.83 bits per heavy atom. The summed E-state index contributed by atoms with van der Waals surface area (Å²) in [4.78, 5) is 0.179. The quantitative estimate of drug-likeness (QED) is 0.466. The Kier molecular flexibility index (Phi) is 6.02. The Morgan fingerprint density at radius 2 is 2.22 bits per heavy atom. The molecule has 0 aromatic heterocycles. The van der Waals surface area contributed by atoms with Gasteiger partial charge in [0.15, 0.2) is 0 Å². The molecular weight excluding hydrogens is 336 g/mol. The fraction of sp³-hybridized carbons (Fsp3) is 0.273. The first kappa shape index (κ1) is 15.4. The molecule has 0 aliphatic rings. The summed E-state index contributed by atoms with van der Waals surface area (Å²) in [5.74, 6) is 3.69. The first-order chi connectivity index (χ1) is 8.47. The van der Waals surface area contributed by atoms with E-state index in [0.29, 0.717) is 28.2 Å². The molecule has 0 unspecified atom stereocenters. The molecule has 3 N–H and O–H groups in total. The fourth-order valence-corrected chi connectivity index (χ4v) is 3.95. The van der Waals surface area contributed by atoms with Crippen LogP contribution in [0, 0.1) is 12.3 Å². The summed E-state index contributed by atoms with van der Waals surface area (Å²) < 4.78 is 26.9. The highest BCUT2D eigenvalue weighted by Gasteiger charge is 2.16. The van der Waals surface area contributed by atoms with E-state index in [2.05, 4.69) is 26.6 Å². The third kappa shape index (κ3) is 4.53. The van der Waals surface area contributed by atoms with E-state index in [9.17, 15) is 8.42 Å². The molecule has 18 heavy (non-hydrogen) atoms. The lowest BCUT2D eigenvalue weighted by molar-refractivity contribution is 0.584. The summed E-state index contributed by atoms with van der Waals surface area (Å²) in [5, 5.41) is 0. The molecule has 0 saturated heterocycles. The number of benzene rings is 1. The van der Waals surface area contributed by atoms with E-state index in [1.165, 1.54) is 17.8 Å². The minimum Gasteiger partial charge on any atom is -0.399 e. The molecular formula is C11H13BrN2O2S2. The maximum Gasteiger partial charge on any atom is 0.241 e. The largest absolute Gasteiger partial charge is 0.399 e. The van der Waals surface area contributed by atoms with Gasteiger partial charge in [-0.25, -0.2) is 13.1 Å². The van der Waals surface area contributed by atoms with Gasteiger partial charge in [0.05, 0.1) is 10.6 Å². The van der Waals surface area contributed by atoms with Crippen molar-refractivity contribution < 1.29 is 8.42 Å². The van der Waals surface area contributed by atoms with Gasteiger partial charge in [0, 0.05) is 22.5 Å². The van der Waals surface area contributed by atoms with Crippen molar-refractivity contribution in [3.05, 3.63) is 22.7 Å². The van der Waals surface area contributed by atoms with E-state index in [1.807, 2.05) is 0 Å². The predicted molar refractivity (Wildman–Crippen MR) is 79.9 cm³/mol. The maximum absolute atomic E-state index is 12.0. The van der Waals surface area contributed by atoms with Gasteiger partial charge in [-0.3, -0.25) is 0 Å². The van der Waals surface area contributed by atoms with Crippen LogP contribution in [-0.4, -0.2) is 26.5 Å². The molecule has 0 amide bonds. The Balaban J connectivity index is 2.66. The normalized spacial score (nSPS) is 11.1. The van der Waals surface area contributed by atoms with Gasteiger partial charge < -0.3 is 5.73 Å². The lowest BCUT2D eigenvalue weighted by Gasteiger charge is -2.08. The van der Waals surface area contributed by atoms with Crippen molar-refractivity contribution in [2.75, 3.05) is 23.8 Å². The maximum atomic E-state index is 12.0. The predicted octanol–water partition coefficient (Wildman–Crippen LogP) is 1.68. The average molecular weight is 349 g/mol. The van der Waals surface area contributed by atoms with Crippen LogP contribution in [0.25, 0.3) is 0 Å². The van der Waals surface area contributed by atoms with Gasteiger partial charge in [0.2, 0.25) is 10.0 Å². The SMILES string of the molecule is C#CCSCCNS(=O)(=O)c1ccc(N)cc1Br. The molecule has 0 aliphatic heterocycles. The van der Waals surface area contributed by atoms with Crippen molar-refractivity contribution in [1.82, 2.24) is 4.72 Å². The van der Waals surface area contributed by atoms with Crippen molar-refractivity contribution in [1.29, 1.82) is 0 Å². The monoisotopic (exact) mass is 348 g/mol. The van der Waals surface area contributed by atoms with E-state index >= 15 is 0 Å². The molecule has 0 fully saturated rings.